The average Bonchev–Trinajstić information content (AvgIpc) is 3.39. The Balaban J connectivity index is 1.37. The van der Waals surface area contributed by atoms with E-state index in [0.717, 1.165) is 16.8 Å². The van der Waals surface area contributed by atoms with Gasteiger partial charge in [-0.05, 0) is 35.7 Å². The molecule has 0 saturated carbocycles. The number of hydrogen-bond acceptors (Lipinski definition) is 6. The molecule has 4 rings (SSSR count). The molecule has 4 N–H and O–H groups in total. The van der Waals surface area contributed by atoms with Crippen molar-refractivity contribution in [1.29, 1.82) is 0 Å². The van der Waals surface area contributed by atoms with E-state index in [9.17, 15) is 9.90 Å². The highest BCUT2D eigenvalue weighted by Crippen LogP contribution is 2.24. The number of benzene rings is 2. The summed E-state index contributed by atoms with van der Waals surface area (Å²) in [6.45, 7) is 0.400. The predicted octanol–water partition coefficient (Wildman–Crippen LogP) is 1.20. The lowest BCUT2D eigenvalue weighted by Gasteiger charge is -2.13. The number of aromatic hydroxyl groups is 1. The highest BCUT2D eigenvalue weighted by molar-refractivity contribution is 5.82. The van der Waals surface area contributed by atoms with E-state index in [2.05, 4.69) is 26.3 Å². The lowest BCUT2D eigenvalue weighted by molar-refractivity contribution is -0.123. The summed E-state index contributed by atoms with van der Waals surface area (Å²) in [6, 6.07) is 14.4. The van der Waals surface area contributed by atoms with Crippen molar-refractivity contribution in [2.45, 2.75) is 25.0 Å². The molecule has 0 radical (unpaired) electrons. The van der Waals surface area contributed by atoms with Crippen LogP contribution in [0.15, 0.2) is 61.2 Å². The van der Waals surface area contributed by atoms with Gasteiger partial charge >= 0.3 is 0 Å². The van der Waals surface area contributed by atoms with Gasteiger partial charge in [0.2, 0.25) is 5.91 Å². The zero-order valence-corrected chi connectivity index (χ0v) is 14.5. The van der Waals surface area contributed by atoms with Crippen LogP contribution in [0.1, 0.15) is 23.6 Å². The molecule has 3 aromatic rings. The molecule has 1 amide bonds. The number of rotatable bonds is 5. The summed E-state index contributed by atoms with van der Waals surface area (Å²) in [5, 5.41) is 16.5. The van der Waals surface area contributed by atoms with Crippen molar-refractivity contribution in [2.75, 3.05) is 0 Å². The molecule has 0 bridgehead atoms. The van der Waals surface area contributed by atoms with Gasteiger partial charge in [-0.3, -0.25) is 4.79 Å². The molecule has 138 valence electrons. The number of hydrazine groups is 1. The molecule has 0 spiro atoms. The zero-order chi connectivity index (χ0) is 18.6. The summed E-state index contributed by atoms with van der Waals surface area (Å²) in [5.74, 6) is 0.155. The molecule has 27 heavy (non-hydrogen) atoms. The number of nitrogens with one attached hydrogen (secondary N) is 3. The number of amides is 1. The van der Waals surface area contributed by atoms with E-state index in [1.54, 1.807) is 23.1 Å². The number of para-hydroxylation sites is 1. The normalized spacial score (nSPS) is 19.1. The van der Waals surface area contributed by atoms with Crippen LogP contribution in [0.3, 0.4) is 0 Å². The SMILES string of the molecule is O=C(NCc1ccccc1-n1cncn1)C1CC(c2ccc(O)cc2)NN1. The summed E-state index contributed by atoms with van der Waals surface area (Å²) in [6.07, 6.45) is 3.74. The topological polar surface area (TPSA) is 104 Å². The van der Waals surface area contributed by atoms with Crippen molar-refractivity contribution in [3.63, 3.8) is 0 Å². The Morgan fingerprint density at radius 2 is 2.00 bits per heavy atom. The Morgan fingerprint density at radius 1 is 1.19 bits per heavy atom. The van der Waals surface area contributed by atoms with Crippen LogP contribution in [-0.2, 0) is 11.3 Å². The maximum absolute atomic E-state index is 12.6. The van der Waals surface area contributed by atoms with Crippen molar-refractivity contribution in [1.82, 2.24) is 30.9 Å². The highest BCUT2D eigenvalue weighted by Gasteiger charge is 2.30. The second-order valence-electron chi connectivity index (χ2n) is 6.41. The van der Waals surface area contributed by atoms with E-state index in [0.29, 0.717) is 13.0 Å². The van der Waals surface area contributed by atoms with Crippen LogP contribution in [0.5, 0.6) is 5.75 Å². The molecule has 2 aromatic carbocycles. The Labute approximate surface area is 156 Å². The first kappa shape index (κ1) is 17.2. The van der Waals surface area contributed by atoms with Gasteiger partial charge in [-0.1, -0.05) is 30.3 Å². The van der Waals surface area contributed by atoms with Gasteiger partial charge < -0.3 is 10.4 Å². The maximum Gasteiger partial charge on any atom is 0.238 e. The Bertz CT molecular complexity index is 910. The first-order valence-corrected chi connectivity index (χ1v) is 8.71. The van der Waals surface area contributed by atoms with Crippen LogP contribution in [0.4, 0.5) is 0 Å². The number of phenolic OH excluding ortho intramolecular Hbond substituents is 1. The summed E-state index contributed by atoms with van der Waals surface area (Å²) < 4.78 is 1.68. The molecular weight excluding hydrogens is 344 g/mol. The van der Waals surface area contributed by atoms with Crippen LogP contribution in [0.2, 0.25) is 0 Å². The lowest BCUT2D eigenvalue weighted by Crippen LogP contribution is -2.43. The first-order valence-electron chi connectivity index (χ1n) is 8.71. The number of nitrogens with zero attached hydrogens (tertiary/aromatic N) is 3. The third-order valence-corrected chi connectivity index (χ3v) is 4.63. The van der Waals surface area contributed by atoms with Crippen LogP contribution >= 0.6 is 0 Å². The fraction of sp³-hybridized carbons (Fsp3) is 0.211. The van der Waals surface area contributed by atoms with Crippen molar-refractivity contribution in [2.24, 2.45) is 0 Å². The molecule has 1 aromatic heterocycles. The van der Waals surface area contributed by atoms with E-state index >= 15 is 0 Å². The molecule has 2 heterocycles. The third-order valence-electron chi connectivity index (χ3n) is 4.63. The van der Waals surface area contributed by atoms with Crippen molar-refractivity contribution in [3.8, 4) is 11.4 Å². The summed E-state index contributed by atoms with van der Waals surface area (Å²) in [7, 11) is 0. The molecule has 8 nitrogen and oxygen atoms in total. The van der Waals surface area contributed by atoms with Gasteiger partial charge in [-0.15, -0.1) is 0 Å². The Morgan fingerprint density at radius 3 is 2.78 bits per heavy atom. The number of hydrogen-bond donors (Lipinski definition) is 4. The fourth-order valence-electron chi connectivity index (χ4n) is 3.18. The van der Waals surface area contributed by atoms with E-state index in [4.69, 9.17) is 0 Å². The number of phenols is 1. The number of carbonyl (C=O) groups is 1. The van der Waals surface area contributed by atoms with Crippen LogP contribution in [0, 0.1) is 0 Å². The second kappa shape index (κ2) is 7.56. The van der Waals surface area contributed by atoms with E-state index in [1.165, 1.54) is 6.33 Å². The molecule has 8 heteroatoms. The quantitative estimate of drug-likeness (QED) is 0.542. The van der Waals surface area contributed by atoms with Gasteiger partial charge in [0, 0.05) is 12.6 Å². The Hall–Kier alpha value is -3.23. The molecule has 1 saturated heterocycles. The molecule has 2 unspecified atom stereocenters. The molecule has 2 atom stereocenters. The van der Waals surface area contributed by atoms with E-state index in [-0.39, 0.29) is 23.7 Å². The monoisotopic (exact) mass is 364 g/mol. The standard InChI is InChI=1S/C19H20N6O2/c26-15-7-5-13(6-8-15)16-9-17(24-23-16)19(27)21-10-14-3-1-2-4-18(14)25-12-20-11-22-25/h1-8,11-12,16-17,23-24,26H,9-10H2,(H,21,27). The number of carbonyl (C=O) groups excluding carboxylic acids is 1. The van der Waals surface area contributed by atoms with Gasteiger partial charge in [0.05, 0.1) is 5.69 Å². The van der Waals surface area contributed by atoms with Crippen molar-refractivity contribution >= 4 is 5.91 Å². The minimum absolute atomic E-state index is 0.0174. The average molecular weight is 364 g/mol. The van der Waals surface area contributed by atoms with Crippen LogP contribution in [-0.4, -0.2) is 31.8 Å². The smallest absolute Gasteiger partial charge is 0.238 e. The van der Waals surface area contributed by atoms with Crippen molar-refractivity contribution in [3.05, 3.63) is 72.3 Å². The lowest BCUT2D eigenvalue weighted by atomic mass is 10.0. The van der Waals surface area contributed by atoms with Crippen LogP contribution < -0.4 is 16.2 Å². The van der Waals surface area contributed by atoms with Gasteiger partial charge in [0.15, 0.2) is 0 Å². The third kappa shape index (κ3) is 3.81. The summed E-state index contributed by atoms with van der Waals surface area (Å²) >= 11 is 0. The first-order chi connectivity index (χ1) is 13.2. The zero-order valence-electron chi connectivity index (χ0n) is 14.5. The highest BCUT2D eigenvalue weighted by atomic mass is 16.3. The summed E-state index contributed by atoms with van der Waals surface area (Å²) in [4.78, 5) is 16.5. The van der Waals surface area contributed by atoms with Gasteiger partial charge in [-0.25, -0.2) is 20.5 Å². The molecule has 1 aliphatic rings. The molecule has 1 aliphatic heterocycles. The summed E-state index contributed by atoms with van der Waals surface area (Å²) in [5.41, 5.74) is 9.05. The van der Waals surface area contributed by atoms with Crippen LogP contribution in [0.25, 0.3) is 5.69 Å². The van der Waals surface area contributed by atoms with Gasteiger partial charge in [0.1, 0.15) is 24.4 Å². The predicted molar refractivity (Wildman–Crippen MR) is 98.7 cm³/mol. The minimum atomic E-state index is -0.331. The van der Waals surface area contributed by atoms with Gasteiger partial charge in [-0.2, -0.15) is 5.10 Å². The van der Waals surface area contributed by atoms with Crippen molar-refractivity contribution < 1.29 is 9.90 Å². The van der Waals surface area contributed by atoms with E-state index in [1.807, 2.05) is 36.4 Å². The minimum Gasteiger partial charge on any atom is -0.508 e. The maximum atomic E-state index is 12.6. The fourth-order valence-corrected chi connectivity index (χ4v) is 3.18. The number of aromatic nitrogens is 3. The molecular formula is C19H20N6O2. The Kier molecular flexibility index (Phi) is 4.82. The molecule has 0 aliphatic carbocycles. The molecule has 1 fully saturated rings. The van der Waals surface area contributed by atoms with Gasteiger partial charge in [0.25, 0.3) is 0 Å². The van der Waals surface area contributed by atoms with E-state index < -0.39 is 0 Å². The second-order valence-corrected chi connectivity index (χ2v) is 6.41. The largest absolute Gasteiger partial charge is 0.508 e.